The summed E-state index contributed by atoms with van der Waals surface area (Å²) in [5.74, 6) is 3.67. The number of rotatable bonds is 5. The van der Waals surface area contributed by atoms with E-state index >= 15 is 0 Å². The molecule has 1 aromatic heterocycles. The molecule has 5 rings (SSSR count). The highest BCUT2D eigenvalue weighted by molar-refractivity contribution is 5.56. The van der Waals surface area contributed by atoms with Crippen LogP contribution in [0.3, 0.4) is 0 Å². The highest BCUT2D eigenvalue weighted by Crippen LogP contribution is 2.28. The zero-order valence-corrected chi connectivity index (χ0v) is 18.3. The van der Waals surface area contributed by atoms with E-state index in [0.29, 0.717) is 0 Å². The molecule has 0 bridgehead atoms. The van der Waals surface area contributed by atoms with Crippen molar-refractivity contribution in [2.75, 3.05) is 80.4 Å². The molecular formula is C24H33N5O2. The Bertz CT molecular complexity index is 793. The smallest absolute Gasteiger partial charge is 0.229 e. The van der Waals surface area contributed by atoms with E-state index in [2.05, 4.69) is 51.1 Å². The standard InChI is InChI=1S/C24H33N5O2/c1-2-4-20(5-3-1)18-21-6-8-29(9-7-21)24-25-22(27-10-14-30-15-11-27)19-23(26-24)28-12-16-31-17-13-28/h1-5,19,21H,6-18H2. The normalized spacial score (nSPS) is 20.8. The van der Waals surface area contributed by atoms with Crippen molar-refractivity contribution in [1.82, 2.24) is 9.97 Å². The van der Waals surface area contributed by atoms with Crippen LogP contribution in [-0.4, -0.2) is 75.7 Å². The van der Waals surface area contributed by atoms with Crippen LogP contribution in [0.15, 0.2) is 36.4 Å². The summed E-state index contributed by atoms with van der Waals surface area (Å²) in [5, 5.41) is 0. The molecule has 0 radical (unpaired) electrons. The molecule has 3 fully saturated rings. The van der Waals surface area contributed by atoms with Gasteiger partial charge in [0.2, 0.25) is 5.95 Å². The minimum atomic E-state index is 0.736. The number of hydrogen-bond donors (Lipinski definition) is 0. The second kappa shape index (κ2) is 9.83. The number of morpholine rings is 2. The Morgan fingerprint density at radius 3 is 1.81 bits per heavy atom. The minimum Gasteiger partial charge on any atom is -0.378 e. The number of ether oxygens (including phenoxy) is 2. The fraction of sp³-hybridized carbons (Fsp3) is 0.583. The van der Waals surface area contributed by atoms with Crippen molar-refractivity contribution in [2.45, 2.75) is 19.3 Å². The molecule has 1 aromatic carbocycles. The molecule has 0 amide bonds. The van der Waals surface area contributed by atoms with E-state index in [0.717, 1.165) is 89.2 Å². The number of benzene rings is 1. The van der Waals surface area contributed by atoms with E-state index in [1.54, 1.807) is 0 Å². The largest absolute Gasteiger partial charge is 0.378 e. The molecule has 31 heavy (non-hydrogen) atoms. The lowest BCUT2D eigenvalue weighted by Crippen LogP contribution is -2.40. The second-order valence-corrected chi connectivity index (χ2v) is 8.70. The van der Waals surface area contributed by atoms with E-state index < -0.39 is 0 Å². The zero-order valence-electron chi connectivity index (χ0n) is 18.3. The van der Waals surface area contributed by atoms with E-state index in [1.165, 1.54) is 24.8 Å². The maximum absolute atomic E-state index is 5.55. The first kappa shape index (κ1) is 20.5. The average molecular weight is 424 g/mol. The van der Waals surface area contributed by atoms with Crippen LogP contribution in [0, 0.1) is 5.92 Å². The van der Waals surface area contributed by atoms with Gasteiger partial charge in [-0.15, -0.1) is 0 Å². The highest BCUT2D eigenvalue weighted by atomic mass is 16.5. The predicted molar refractivity (Wildman–Crippen MR) is 123 cm³/mol. The summed E-state index contributed by atoms with van der Waals surface area (Å²) in [5.41, 5.74) is 1.45. The molecule has 7 nitrogen and oxygen atoms in total. The van der Waals surface area contributed by atoms with Crippen LogP contribution in [0.25, 0.3) is 0 Å². The minimum absolute atomic E-state index is 0.736. The molecule has 2 aromatic rings. The molecule has 166 valence electrons. The van der Waals surface area contributed by atoms with Crippen molar-refractivity contribution in [3.05, 3.63) is 42.0 Å². The van der Waals surface area contributed by atoms with Crippen molar-refractivity contribution in [2.24, 2.45) is 5.92 Å². The lowest BCUT2D eigenvalue weighted by atomic mass is 9.90. The summed E-state index contributed by atoms with van der Waals surface area (Å²) < 4.78 is 11.1. The first-order valence-corrected chi connectivity index (χ1v) is 11.7. The third-order valence-electron chi connectivity index (χ3n) is 6.62. The van der Waals surface area contributed by atoms with Crippen LogP contribution in [-0.2, 0) is 15.9 Å². The third kappa shape index (κ3) is 5.10. The van der Waals surface area contributed by atoms with Crippen molar-refractivity contribution in [1.29, 1.82) is 0 Å². The zero-order chi connectivity index (χ0) is 20.9. The van der Waals surface area contributed by atoms with Gasteiger partial charge in [0.05, 0.1) is 26.4 Å². The molecule has 0 unspecified atom stereocenters. The van der Waals surface area contributed by atoms with Gasteiger partial charge >= 0.3 is 0 Å². The summed E-state index contributed by atoms with van der Waals surface area (Å²) in [6, 6.07) is 13.0. The maximum atomic E-state index is 5.55. The number of hydrogen-bond acceptors (Lipinski definition) is 7. The van der Waals surface area contributed by atoms with E-state index in [9.17, 15) is 0 Å². The van der Waals surface area contributed by atoms with Gasteiger partial charge in [0.25, 0.3) is 0 Å². The monoisotopic (exact) mass is 423 g/mol. The van der Waals surface area contributed by atoms with Gasteiger partial charge in [-0.25, -0.2) is 0 Å². The Hall–Kier alpha value is -2.38. The fourth-order valence-corrected chi connectivity index (χ4v) is 4.74. The van der Waals surface area contributed by atoms with E-state index in [4.69, 9.17) is 19.4 Å². The Kier molecular flexibility index (Phi) is 6.51. The number of nitrogens with zero attached hydrogens (tertiary/aromatic N) is 5. The quantitative estimate of drug-likeness (QED) is 0.733. The van der Waals surface area contributed by atoms with Crippen LogP contribution in [0.1, 0.15) is 18.4 Å². The van der Waals surface area contributed by atoms with E-state index in [-0.39, 0.29) is 0 Å². The van der Waals surface area contributed by atoms with E-state index in [1.807, 2.05) is 0 Å². The molecule has 0 N–H and O–H groups in total. The van der Waals surface area contributed by atoms with Crippen LogP contribution >= 0.6 is 0 Å². The number of piperidine rings is 1. The van der Waals surface area contributed by atoms with Gasteiger partial charge in [-0.2, -0.15) is 9.97 Å². The third-order valence-corrected chi connectivity index (χ3v) is 6.62. The van der Waals surface area contributed by atoms with Crippen molar-refractivity contribution < 1.29 is 9.47 Å². The lowest BCUT2D eigenvalue weighted by Gasteiger charge is -2.35. The van der Waals surface area contributed by atoms with Crippen molar-refractivity contribution in [3.8, 4) is 0 Å². The van der Waals surface area contributed by atoms with Crippen molar-refractivity contribution in [3.63, 3.8) is 0 Å². The molecule has 7 heteroatoms. The summed E-state index contributed by atoms with van der Waals surface area (Å²) in [7, 11) is 0. The first-order chi connectivity index (χ1) is 15.3. The predicted octanol–water partition coefficient (Wildman–Crippen LogP) is 2.61. The molecule has 3 aliphatic rings. The first-order valence-electron chi connectivity index (χ1n) is 11.7. The van der Waals surface area contributed by atoms with Gasteiger partial charge in [0, 0.05) is 45.3 Å². The van der Waals surface area contributed by atoms with Crippen LogP contribution in [0.5, 0.6) is 0 Å². The van der Waals surface area contributed by atoms with Gasteiger partial charge in [-0.1, -0.05) is 30.3 Å². The number of aromatic nitrogens is 2. The summed E-state index contributed by atoms with van der Waals surface area (Å²) in [6.07, 6.45) is 3.54. The fourth-order valence-electron chi connectivity index (χ4n) is 4.74. The summed E-state index contributed by atoms with van der Waals surface area (Å²) in [6.45, 7) is 8.63. The SMILES string of the molecule is c1ccc(CC2CCN(c3nc(N4CCOCC4)cc(N4CCOCC4)n3)CC2)cc1. The molecule has 0 atom stereocenters. The Balaban J connectivity index is 1.31. The molecule has 4 heterocycles. The van der Waals surface area contributed by atoms with Gasteiger partial charge < -0.3 is 24.2 Å². The maximum Gasteiger partial charge on any atom is 0.229 e. The number of anilines is 3. The molecule has 0 saturated carbocycles. The van der Waals surface area contributed by atoms with Gasteiger partial charge in [-0.05, 0) is 30.7 Å². The summed E-state index contributed by atoms with van der Waals surface area (Å²) >= 11 is 0. The average Bonchev–Trinajstić information content (AvgIpc) is 2.86. The van der Waals surface area contributed by atoms with Gasteiger partial charge in [0.1, 0.15) is 11.6 Å². The molecule has 3 aliphatic heterocycles. The highest BCUT2D eigenvalue weighted by Gasteiger charge is 2.25. The van der Waals surface area contributed by atoms with Gasteiger partial charge in [-0.3, -0.25) is 0 Å². The molecule has 0 spiro atoms. The van der Waals surface area contributed by atoms with Crippen LogP contribution in [0.2, 0.25) is 0 Å². The molecule has 3 saturated heterocycles. The van der Waals surface area contributed by atoms with Crippen LogP contribution < -0.4 is 14.7 Å². The second-order valence-electron chi connectivity index (χ2n) is 8.70. The van der Waals surface area contributed by atoms with Crippen molar-refractivity contribution >= 4 is 17.6 Å². The molecular weight excluding hydrogens is 390 g/mol. The Morgan fingerprint density at radius 1 is 0.710 bits per heavy atom. The lowest BCUT2D eigenvalue weighted by molar-refractivity contribution is 0.122. The van der Waals surface area contributed by atoms with Crippen LogP contribution in [0.4, 0.5) is 17.6 Å². The summed E-state index contributed by atoms with van der Waals surface area (Å²) in [4.78, 5) is 17.1. The molecule has 0 aliphatic carbocycles. The Morgan fingerprint density at radius 2 is 1.26 bits per heavy atom. The topological polar surface area (TPSA) is 54.0 Å². The van der Waals surface area contributed by atoms with Gasteiger partial charge in [0.15, 0.2) is 0 Å². The Labute approximate surface area is 185 Å².